The topological polar surface area (TPSA) is 76.2 Å². The highest BCUT2D eigenvalue weighted by Gasteiger charge is 2.37. The standard InChI is InChI=1S/C23H20Cl2N2O5S/c24-18-6-3-16(11-19(18)25)14-32-17-4-1-15(2-5-17)12-20-22(29)27(23(30)33-20)13-21(28)26-7-9-31-10-8-26/h1-6,11-12H,7-10,13-14H2/b20-12-. The average molecular weight is 507 g/mol. The Morgan fingerprint density at radius 1 is 1.06 bits per heavy atom. The van der Waals surface area contributed by atoms with E-state index in [4.69, 9.17) is 32.7 Å². The lowest BCUT2D eigenvalue weighted by atomic mass is 10.2. The number of ether oxygens (including phenoxy) is 2. The van der Waals surface area contributed by atoms with Crippen LogP contribution in [0.3, 0.4) is 0 Å². The molecule has 7 nitrogen and oxygen atoms in total. The molecule has 3 amide bonds. The first kappa shape index (κ1) is 23.6. The van der Waals surface area contributed by atoms with Crippen molar-refractivity contribution in [3.05, 3.63) is 68.5 Å². The van der Waals surface area contributed by atoms with Gasteiger partial charge in [0.2, 0.25) is 5.91 Å². The highest BCUT2D eigenvalue weighted by molar-refractivity contribution is 8.18. The van der Waals surface area contributed by atoms with Crippen molar-refractivity contribution in [2.75, 3.05) is 32.8 Å². The fourth-order valence-corrected chi connectivity index (χ4v) is 4.45. The van der Waals surface area contributed by atoms with Gasteiger partial charge in [-0.1, -0.05) is 41.4 Å². The molecule has 2 saturated heterocycles. The second-order valence-corrected chi connectivity index (χ2v) is 9.17. The summed E-state index contributed by atoms with van der Waals surface area (Å²) in [5.74, 6) is -0.0840. The van der Waals surface area contributed by atoms with Crippen molar-refractivity contribution in [2.45, 2.75) is 6.61 Å². The number of thioether (sulfide) groups is 1. The number of benzene rings is 2. The van der Waals surface area contributed by atoms with E-state index >= 15 is 0 Å². The van der Waals surface area contributed by atoms with E-state index < -0.39 is 11.1 Å². The summed E-state index contributed by atoms with van der Waals surface area (Å²) in [6.45, 7) is 1.91. The molecule has 0 saturated carbocycles. The Bertz CT molecular complexity index is 1100. The van der Waals surface area contributed by atoms with E-state index in [1.807, 2.05) is 6.07 Å². The summed E-state index contributed by atoms with van der Waals surface area (Å²) >= 11 is 12.8. The number of rotatable bonds is 6. The Hall–Kier alpha value is -2.52. The van der Waals surface area contributed by atoms with Gasteiger partial charge in [0.1, 0.15) is 18.9 Å². The maximum atomic E-state index is 12.7. The van der Waals surface area contributed by atoms with Crippen LogP contribution in [0.25, 0.3) is 6.08 Å². The second-order valence-electron chi connectivity index (χ2n) is 7.37. The number of carbonyl (C=O) groups excluding carboxylic acids is 3. The van der Waals surface area contributed by atoms with Gasteiger partial charge in [-0.05, 0) is 53.2 Å². The van der Waals surface area contributed by atoms with Gasteiger partial charge in [0.15, 0.2) is 0 Å². The first-order valence-electron chi connectivity index (χ1n) is 10.2. The molecule has 0 atom stereocenters. The molecule has 0 aliphatic carbocycles. The Labute approximate surface area is 205 Å². The minimum absolute atomic E-state index is 0.259. The lowest BCUT2D eigenvalue weighted by Gasteiger charge is -2.28. The summed E-state index contributed by atoms with van der Waals surface area (Å²) < 4.78 is 11.0. The van der Waals surface area contributed by atoms with Gasteiger partial charge in [-0.25, -0.2) is 0 Å². The normalized spacial score (nSPS) is 17.7. The molecule has 0 aromatic heterocycles. The number of hydrogen-bond donors (Lipinski definition) is 0. The van der Waals surface area contributed by atoms with Gasteiger partial charge in [-0.2, -0.15) is 0 Å². The van der Waals surface area contributed by atoms with E-state index in [-0.39, 0.29) is 17.4 Å². The molecule has 33 heavy (non-hydrogen) atoms. The van der Waals surface area contributed by atoms with Gasteiger partial charge < -0.3 is 14.4 Å². The van der Waals surface area contributed by atoms with Crippen LogP contribution in [-0.2, 0) is 20.9 Å². The molecular formula is C23H20Cl2N2O5S. The van der Waals surface area contributed by atoms with Crippen LogP contribution in [0.1, 0.15) is 11.1 Å². The monoisotopic (exact) mass is 506 g/mol. The fourth-order valence-electron chi connectivity index (χ4n) is 3.29. The predicted molar refractivity (Wildman–Crippen MR) is 127 cm³/mol. The molecule has 2 fully saturated rings. The second kappa shape index (κ2) is 10.6. The minimum atomic E-state index is -0.466. The highest BCUT2D eigenvalue weighted by atomic mass is 35.5. The zero-order valence-electron chi connectivity index (χ0n) is 17.5. The van der Waals surface area contributed by atoms with E-state index in [0.717, 1.165) is 27.8 Å². The van der Waals surface area contributed by atoms with E-state index in [0.29, 0.717) is 48.7 Å². The number of amides is 3. The first-order valence-corrected chi connectivity index (χ1v) is 11.8. The largest absolute Gasteiger partial charge is 0.489 e. The quantitative estimate of drug-likeness (QED) is 0.538. The number of hydrogen-bond acceptors (Lipinski definition) is 6. The Morgan fingerprint density at radius 2 is 1.79 bits per heavy atom. The molecule has 2 aromatic carbocycles. The molecule has 0 spiro atoms. The van der Waals surface area contributed by atoms with Gasteiger partial charge in [0, 0.05) is 13.1 Å². The van der Waals surface area contributed by atoms with Crippen LogP contribution in [0.4, 0.5) is 4.79 Å². The van der Waals surface area contributed by atoms with Crippen LogP contribution in [0.15, 0.2) is 47.4 Å². The minimum Gasteiger partial charge on any atom is -0.489 e. The molecule has 0 radical (unpaired) electrons. The fraction of sp³-hybridized carbons (Fsp3) is 0.261. The van der Waals surface area contributed by atoms with Crippen molar-refractivity contribution < 1.29 is 23.9 Å². The molecule has 172 valence electrons. The van der Waals surface area contributed by atoms with E-state index in [2.05, 4.69) is 0 Å². The SMILES string of the molecule is O=C(CN1C(=O)S/C(=C\c2ccc(OCc3ccc(Cl)c(Cl)c3)cc2)C1=O)N1CCOCC1. The molecule has 10 heteroatoms. The number of nitrogens with zero attached hydrogens (tertiary/aromatic N) is 2. The van der Waals surface area contributed by atoms with Gasteiger partial charge >= 0.3 is 0 Å². The molecule has 0 bridgehead atoms. The number of imide groups is 1. The van der Waals surface area contributed by atoms with Crippen LogP contribution in [0.2, 0.25) is 10.0 Å². The summed E-state index contributed by atoms with van der Waals surface area (Å²) in [6.07, 6.45) is 1.63. The maximum Gasteiger partial charge on any atom is 0.294 e. The van der Waals surface area contributed by atoms with Gasteiger partial charge in [0.25, 0.3) is 11.1 Å². The third-order valence-electron chi connectivity index (χ3n) is 5.10. The molecule has 4 rings (SSSR count). The van der Waals surface area contributed by atoms with Crippen molar-refractivity contribution in [2.24, 2.45) is 0 Å². The lowest BCUT2D eigenvalue weighted by molar-refractivity contribution is -0.139. The van der Waals surface area contributed by atoms with E-state index in [9.17, 15) is 14.4 Å². The smallest absolute Gasteiger partial charge is 0.294 e. The van der Waals surface area contributed by atoms with Crippen LogP contribution >= 0.6 is 35.0 Å². The summed E-state index contributed by atoms with van der Waals surface area (Å²) in [5, 5.41) is 0.503. The lowest BCUT2D eigenvalue weighted by Crippen LogP contribution is -2.46. The van der Waals surface area contributed by atoms with Crippen molar-refractivity contribution in [3.63, 3.8) is 0 Å². The zero-order valence-corrected chi connectivity index (χ0v) is 19.8. The summed E-state index contributed by atoms with van der Waals surface area (Å²) in [7, 11) is 0. The van der Waals surface area contributed by atoms with E-state index in [1.54, 1.807) is 47.4 Å². The van der Waals surface area contributed by atoms with Gasteiger partial charge in [0.05, 0.1) is 28.2 Å². The molecule has 2 aromatic rings. The third kappa shape index (κ3) is 5.89. The number of morpholine rings is 1. The Kier molecular flexibility index (Phi) is 7.60. The van der Waals surface area contributed by atoms with E-state index in [1.165, 1.54) is 0 Å². The van der Waals surface area contributed by atoms with Crippen molar-refractivity contribution in [1.82, 2.24) is 9.80 Å². The van der Waals surface area contributed by atoms with Crippen LogP contribution in [0, 0.1) is 0 Å². The number of carbonyl (C=O) groups is 3. The van der Waals surface area contributed by atoms with Crippen LogP contribution in [-0.4, -0.2) is 59.7 Å². The van der Waals surface area contributed by atoms with Crippen molar-refractivity contribution in [1.29, 1.82) is 0 Å². The molecule has 0 unspecified atom stereocenters. The number of halogens is 2. The summed E-state index contributed by atoms with van der Waals surface area (Å²) in [5.41, 5.74) is 1.62. The summed E-state index contributed by atoms with van der Waals surface area (Å²) in [6, 6.07) is 12.4. The van der Waals surface area contributed by atoms with Crippen molar-refractivity contribution >= 4 is 58.1 Å². The summed E-state index contributed by atoms with van der Waals surface area (Å²) in [4.78, 5) is 40.3. The maximum absolute atomic E-state index is 12.7. The highest BCUT2D eigenvalue weighted by Crippen LogP contribution is 2.32. The van der Waals surface area contributed by atoms with Crippen LogP contribution < -0.4 is 4.74 Å². The molecule has 2 heterocycles. The van der Waals surface area contributed by atoms with Crippen molar-refractivity contribution in [3.8, 4) is 5.75 Å². The van der Waals surface area contributed by atoms with Gasteiger partial charge in [-0.15, -0.1) is 0 Å². The molecule has 2 aliphatic heterocycles. The Balaban J connectivity index is 1.36. The molecule has 0 N–H and O–H groups in total. The first-order chi connectivity index (χ1) is 15.9. The Morgan fingerprint density at radius 3 is 2.48 bits per heavy atom. The molecular weight excluding hydrogens is 487 g/mol. The molecule has 2 aliphatic rings. The third-order valence-corrected chi connectivity index (χ3v) is 6.74. The van der Waals surface area contributed by atoms with Crippen LogP contribution in [0.5, 0.6) is 5.75 Å². The predicted octanol–water partition coefficient (Wildman–Crippen LogP) is 4.47. The zero-order chi connectivity index (χ0) is 23.4. The average Bonchev–Trinajstić information content (AvgIpc) is 3.08. The van der Waals surface area contributed by atoms with Gasteiger partial charge in [-0.3, -0.25) is 19.3 Å².